The maximum Gasteiger partial charge on any atom is 0.248 e. The van der Waals surface area contributed by atoms with Crippen LogP contribution >= 0.6 is 0 Å². The van der Waals surface area contributed by atoms with Gasteiger partial charge in [0.1, 0.15) is 6.10 Å². The third-order valence-corrected chi connectivity index (χ3v) is 2.65. The SMILES string of the molecule is COC(C)C(=O)NCC1(CO)CC1. The highest BCUT2D eigenvalue weighted by Gasteiger charge is 2.42. The molecule has 0 radical (unpaired) electrons. The summed E-state index contributed by atoms with van der Waals surface area (Å²) in [5.74, 6) is -0.109. The van der Waals surface area contributed by atoms with Gasteiger partial charge in [0.15, 0.2) is 0 Å². The number of carbonyl (C=O) groups is 1. The number of aliphatic hydroxyl groups excluding tert-OH is 1. The third-order valence-electron chi connectivity index (χ3n) is 2.65. The van der Waals surface area contributed by atoms with Gasteiger partial charge < -0.3 is 15.2 Å². The first-order chi connectivity index (χ1) is 6.13. The first-order valence-corrected chi connectivity index (χ1v) is 4.55. The van der Waals surface area contributed by atoms with E-state index in [0.717, 1.165) is 12.8 Å². The minimum atomic E-state index is -0.408. The zero-order valence-electron chi connectivity index (χ0n) is 8.17. The van der Waals surface area contributed by atoms with Crippen LogP contribution in [0.1, 0.15) is 19.8 Å². The van der Waals surface area contributed by atoms with E-state index in [0.29, 0.717) is 6.54 Å². The quantitative estimate of drug-likeness (QED) is 0.632. The normalized spacial score (nSPS) is 20.8. The average molecular weight is 187 g/mol. The van der Waals surface area contributed by atoms with Crippen LogP contribution < -0.4 is 5.32 Å². The van der Waals surface area contributed by atoms with E-state index in [-0.39, 0.29) is 17.9 Å². The Hall–Kier alpha value is -0.610. The Balaban J connectivity index is 2.22. The van der Waals surface area contributed by atoms with Gasteiger partial charge in [0, 0.05) is 19.1 Å². The standard InChI is InChI=1S/C9H17NO3/c1-7(13-2)8(12)10-5-9(6-11)3-4-9/h7,11H,3-6H2,1-2H3,(H,10,12). The molecule has 1 amide bonds. The summed E-state index contributed by atoms with van der Waals surface area (Å²) in [6.45, 7) is 2.43. The molecule has 1 saturated carbocycles. The molecule has 0 bridgehead atoms. The van der Waals surface area contributed by atoms with E-state index in [1.54, 1.807) is 6.92 Å². The van der Waals surface area contributed by atoms with Crippen LogP contribution in [-0.4, -0.2) is 37.4 Å². The molecule has 1 aliphatic rings. The molecule has 1 unspecified atom stereocenters. The lowest BCUT2D eigenvalue weighted by Gasteiger charge is -2.15. The number of methoxy groups -OCH3 is 1. The number of ether oxygens (including phenoxy) is 1. The predicted molar refractivity (Wildman–Crippen MR) is 48.2 cm³/mol. The Morgan fingerprint density at radius 2 is 2.31 bits per heavy atom. The number of hydrogen-bond donors (Lipinski definition) is 2. The van der Waals surface area contributed by atoms with Crippen molar-refractivity contribution in [1.82, 2.24) is 5.32 Å². The van der Waals surface area contributed by atoms with Crippen molar-refractivity contribution in [3.8, 4) is 0 Å². The molecule has 0 aromatic carbocycles. The number of rotatable bonds is 5. The number of amides is 1. The van der Waals surface area contributed by atoms with Gasteiger partial charge in [0.2, 0.25) is 5.91 Å². The molecule has 1 aliphatic carbocycles. The van der Waals surface area contributed by atoms with E-state index in [1.807, 2.05) is 0 Å². The lowest BCUT2D eigenvalue weighted by molar-refractivity contribution is -0.130. The highest BCUT2D eigenvalue weighted by atomic mass is 16.5. The van der Waals surface area contributed by atoms with Crippen molar-refractivity contribution in [3.63, 3.8) is 0 Å². The highest BCUT2D eigenvalue weighted by molar-refractivity contribution is 5.80. The highest BCUT2D eigenvalue weighted by Crippen LogP contribution is 2.44. The Morgan fingerprint density at radius 1 is 1.69 bits per heavy atom. The van der Waals surface area contributed by atoms with Crippen molar-refractivity contribution in [2.24, 2.45) is 5.41 Å². The number of aliphatic hydroxyl groups is 1. The largest absolute Gasteiger partial charge is 0.396 e. The average Bonchev–Trinajstić information content (AvgIpc) is 2.93. The van der Waals surface area contributed by atoms with Gasteiger partial charge in [-0.25, -0.2) is 0 Å². The second kappa shape index (κ2) is 4.07. The Bertz CT molecular complexity index is 189. The molecule has 0 spiro atoms. The van der Waals surface area contributed by atoms with Crippen LogP contribution in [-0.2, 0) is 9.53 Å². The summed E-state index contributed by atoms with van der Waals surface area (Å²) in [5.41, 5.74) is -0.0247. The maximum absolute atomic E-state index is 11.2. The second-order valence-electron chi connectivity index (χ2n) is 3.75. The maximum atomic E-state index is 11.2. The Labute approximate surface area is 78.3 Å². The molecule has 4 nitrogen and oxygen atoms in total. The van der Waals surface area contributed by atoms with Crippen molar-refractivity contribution in [1.29, 1.82) is 0 Å². The van der Waals surface area contributed by atoms with Crippen LogP contribution in [0.4, 0.5) is 0 Å². The van der Waals surface area contributed by atoms with Crippen molar-refractivity contribution in [2.45, 2.75) is 25.9 Å². The van der Waals surface area contributed by atoms with Crippen LogP contribution in [0.3, 0.4) is 0 Å². The lowest BCUT2D eigenvalue weighted by atomic mass is 10.1. The molecule has 0 aromatic rings. The summed E-state index contributed by atoms with van der Waals surface area (Å²) in [5, 5.41) is 11.7. The molecule has 0 aromatic heterocycles. The summed E-state index contributed by atoms with van der Waals surface area (Å²) < 4.78 is 4.86. The molecular weight excluding hydrogens is 170 g/mol. The number of hydrogen-bond acceptors (Lipinski definition) is 3. The fourth-order valence-electron chi connectivity index (χ4n) is 1.09. The van der Waals surface area contributed by atoms with Crippen molar-refractivity contribution < 1.29 is 14.6 Å². The van der Waals surface area contributed by atoms with Crippen LogP contribution in [0.25, 0.3) is 0 Å². The van der Waals surface area contributed by atoms with E-state index in [9.17, 15) is 4.79 Å². The third kappa shape index (κ3) is 2.67. The van der Waals surface area contributed by atoms with Crippen LogP contribution in [0.5, 0.6) is 0 Å². The lowest BCUT2D eigenvalue weighted by Crippen LogP contribution is -2.38. The van der Waals surface area contributed by atoms with Gasteiger partial charge in [-0.1, -0.05) is 0 Å². The Kier molecular flexibility index (Phi) is 3.27. The molecule has 1 rings (SSSR count). The molecule has 4 heteroatoms. The van der Waals surface area contributed by atoms with Gasteiger partial charge >= 0.3 is 0 Å². The summed E-state index contributed by atoms with van der Waals surface area (Å²) in [6.07, 6.45) is 1.60. The van der Waals surface area contributed by atoms with E-state index in [1.165, 1.54) is 7.11 Å². The molecule has 76 valence electrons. The Morgan fingerprint density at radius 3 is 2.69 bits per heavy atom. The first-order valence-electron chi connectivity index (χ1n) is 4.55. The molecule has 13 heavy (non-hydrogen) atoms. The summed E-state index contributed by atoms with van der Waals surface area (Å²) in [4.78, 5) is 11.2. The van der Waals surface area contributed by atoms with E-state index in [2.05, 4.69) is 5.32 Å². The summed E-state index contributed by atoms with van der Waals surface area (Å²) >= 11 is 0. The van der Waals surface area contributed by atoms with Gasteiger partial charge in [-0.3, -0.25) is 4.79 Å². The molecule has 1 fully saturated rings. The van der Waals surface area contributed by atoms with Crippen LogP contribution in [0, 0.1) is 5.41 Å². The van der Waals surface area contributed by atoms with Crippen molar-refractivity contribution >= 4 is 5.91 Å². The monoisotopic (exact) mass is 187 g/mol. The van der Waals surface area contributed by atoms with Gasteiger partial charge in [-0.2, -0.15) is 0 Å². The summed E-state index contributed by atoms with van der Waals surface area (Å²) in [6, 6.07) is 0. The van der Waals surface area contributed by atoms with E-state index in [4.69, 9.17) is 9.84 Å². The second-order valence-corrected chi connectivity index (χ2v) is 3.75. The minimum absolute atomic E-state index is 0.0247. The zero-order valence-corrected chi connectivity index (χ0v) is 8.17. The zero-order chi connectivity index (χ0) is 9.90. The van der Waals surface area contributed by atoms with Gasteiger partial charge in [0.25, 0.3) is 0 Å². The molecule has 2 N–H and O–H groups in total. The molecule has 0 aliphatic heterocycles. The van der Waals surface area contributed by atoms with Gasteiger partial charge in [0.05, 0.1) is 6.61 Å². The molecular formula is C9H17NO3. The van der Waals surface area contributed by atoms with Crippen molar-refractivity contribution in [2.75, 3.05) is 20.3 Å². The minimum Gasteiger partial charge on any atom is -0.396 e. The van der Waals surface area contributed by atoms with Crippen LogP contribution in [0.15, 0.2) is 0 Å². The number of carbonyl (C=O) groups excluding carboxylic acids is 1. The van der Waals surface area contributed by atoms with Gasteiger partial charge in [-0.15, -0.1) is 0 Å². The first kappa shape index (κ1) is 10.5. The van der Waals surface area contributed by atoms with Crippen LogP contribution in [0.2, 0.25) is 0 Å². The number of nitrogens with one attached hydrogen (secondary N) is 1. The fourth-order valence-corrected chi connectivity index (χ4v) is 1.09. The van der Waals surface area contributed by atoms with Crippen molar-refractivity contribution in [3.05, 3.63) is 0 Å². The topological polar surface area (TPSA) is 58.6 Å². The molecule has 1 atom stereocenters. The smallest absolute Gasteiger partial charge is 0.248 e. The van der Waals surface area contributed by atoms with Gasteiger partial charge in [-0.05, 0) is 19.8 Å². The predicted octanol–water partition coefficient (Wildman–Crippen LogP) is -0.0900. The molecule has 0 saturated heterocycles. The fraction of sp³-hybridized carbons (Fsp3) is 0.889. The van der Waals surface area contributed by atoms with E-state index < -0.39 is 6.10 Å². The molecule has 0 heterocycles. The van der Waals surface area contributed by atoms with E-state index >= 15 is 0 Å². The summed E-state index contributed by atoms with van der Waals surface area (Å²) in [7, 11) is 1.50.